The van der Waals surface area contributed by atoms with Gasteiger partial charge in [0.25, 0.3) is 5.91 Å². The Bertz CT molecular complexity index is 1010. The van der Waals surface area contributed by atoms with Crippen LogP contribution in [0.1, 0.15) is 28.1 Å². The lowest BCUT2D eigenvalue weighted by atomic mass is 9.96. The van der Waals surface area contributed by atoms with Crippen molar-refractivity contribution < 1.29 is 18.0 Å². The summed E-state index contributed by atoms with van der Waals surface area (Å²) in [6.45, 7) is 1.62. The molecule has 2 amide bonds. The third kappa shape index (κ3) is 4.37. The van der Waals surface area contributed by atoms with E-state index in [1.54, 1.807) is 4.90 Å². The number of likely N-dealkylation sites (tertiary alicyclic amines) is 1. The van der Waals surface area contributed by atoms with Crippen molar-refractivity contribution in [2.45, 2.75) is 19.3 Å². The molecule has 2 aliphatic rings. The van der Waals surface area contributed by atoms with Crippen LogP contribution in [-0.2, 0) is 21.2 Å². The standard InChI is InChI=1S/C21H25N3O4S2/c25-20(17-7-11-23(12-8-17)21(26)19-6-3-14-29-19)22-10-15-30(27,28)24-13-9-16-4-1-2-5-18(16)24/h1-6,14,17H,7-13,15H2,(H,22,25). The van der Waals surface area contributed by atoms with Crippen LogP contribution in [0.25, 0.3) is 0 Å². The molecule has 3 heterocycles. The number of para-hydroxylation sites is 1. The van der Waals surface area contributed by atoms with E-state index >= 15 is 0 Å². The van der Waals surface area contributed by atoms with Crippen molar-refractivity contribution in [2.75, 3.05) is 36.2 Å². The lowest BCUT2D eigenvalue weighted by Gasteiger charge is -2.31. The van der Waals surface area contributed by atoms with Crippen LogP contribution < -0.4 is 9.62 Å². The molecule has 1 aromatic heterocycles. The summed E-state index contributed by atoms with van der Waals surface area (Å²) >= 11 is 1.42. The molecule has 30 heavy (non-hydrogen) atoms. The van der Waals surface area contributed by atoms with Crippen molar-refractivity contribution in [3.05, 3.63) is 52.2 Å². The van der Waals surface area contributed by atoms with E-state index in [-0.39, 0.29) is 30.0 Å². The van der Waals surface area contributed by atoms with Crippen molar-refractivity contribution in [1.82, 2.24) is 10.2 Å². The highest BCUT2D eigenvalue weighted by Crippen LogP contribution is 2.30. The quantitative estimate of drug-likeness (QED) is 0.735. The SMILES string of the molecule is O=C(NCCS(=O)(=O)N1CCc2ccccc21)C1CCN(C(=O)c2cccs2)CC1. The lowest BCUT2D eigenvalue weighted by molar-refractivity contribution is -0.126. The maximum absolute atomic E-state index is 12.7. The zero-order valence-electron chi connectivity index (χ0n) is 16.6. The molecule has 0 saturated carbocycles. The summed E-state index contributed by atoms with van der Waals surface area (Å²) in [6, 6.07) is 11.2. The van der Waals surface area contributed by atoms with Gasteiger partial charge < -0.3 is 10.2 Å². The van der Waals surface area contributed by atoms with E-state index in [1.807, 2.05) is 41.8 Å². The Labute approximate surface area is 180 Å². The van der Waals surface area contributed by atoms with Crippen LogP contribution >= 0.6 is 11.3 Å². The van der Waals surface area contributed by atoms with E-state index < -0.39 is 10.0 Å². The van der Waals surface area contributed by atoms with Crippen LogP contribution in [0, 0.1) is 5.92 Å². The minimum absolute atomic E-state index is 0.0147. The summed E-state index contributed by atoms with van der Waals surface area (Å²) in [5.41, 5.74) is 1.78. The average molecular weight is 448 g/mol. The van der Waals surface area contributed by atoms with Crippen molar-refractivity contribution in [3.63, 3.8) is 0 Å². The summed E-state index contributed by atoms with van der Waals surface area (Å²) in [6.07, 6.45) is 1.90. The Kier molecular flexibility index (Phi) is 6.10. The van der Waals surface area contributed by atoms with E-state index in [1.165, 1.54) is 15.6 Å². The molecular weight excluding hydrogens is 422 g/mol. The van der Waals surface area contributed by atoms with Crippen molar-refractivity contribution in [3.8, 4) is 0 Å². The Morgan fingerprint density at radius 1 is 1.07 bits per heavy atom. The molecule has 7 nitrogen and oxygen atoms in total. The smallest absolute Gasteiger partial charge is 0.263 e. The number of piperidine rings is 1. The molecule has 2 aliphatic heterocycles. The number of rotatable bonds is 6. The predicted octanol–water partition coefficient (Wildman–Crippen LogP) is 2.11. The Morgan fingerprint density at radius 3 is 2.57 bits per heavy atom. The van der Waals surface area contributed by atoms with Gasteiger partial charge in [0.2, 0.25) is 15.9 Å². The first-order valence-electron chi connectivity index (χ1n) is 10.1. The third-order valence-corrected chi connectivity index (χ3v) is 8.35. The lowest BCUT2D eigenvalue weighted by Crippen LogP contribution is -2.44. The van der Waals surface area contributed by atoms with E-state index in [2.05, 4.69) is 5.32 Å². The van der Waals surface area contributed by atoms with Crippen LogP contribution in [0.3, 0.4) is 0 Å². The highest BCUT2D eigenvalue weighted by molar-refractivity contribution is 7.92. The molecule has 160 valence electrons. The largest absolute Gasteiger partial charge is 0.355 e. The number of benzene rings is 1. The number of hydrogen-bond acceptors (Lipinski definition) is 5. The number of fused-ring (bicyclic) bond motifs is 1. The molecule has 4 rings (SSSR count). The second-order valence-corrected chi connectivity index (χ2v) is 10.6. The van der Waals surface area contributed by atoms with Gasteiger partial charge in [-0.25, -0.2) is 8.42 Å². The number of thiophene rings is 1. The van der Waals surface area contributed by atoms with Gasteiger partial charge in [-0.05, 0) is 42.3 Å². The minimum atomic E-state index is -3.48. The number of nitrogens with zero attached hydrogens (tertiary/aromatic N) is 2. The third-order valence-electron chi connectivity index (χ3n) is 5.72. The van der Waals surface area contributed by atoms with Gasteiger partial charge in [-0.2, -0.15) is 0 Å². The van der Waals surface area contributed by atoms with Gasteiger partial charge in [-0.1, -0.05) is 24.3 Å². The second kappa shape index (κ2) is 8.77. The molecular formula is C21H25N3O4S2. The van der Waals surface area contributed by atoms with Gasteiger partial charge in [0.05, 0.1) is 16.3 Å². The van der Waals surface area contributed by atoms with Gasteiger partial charge in [-0.15, -0.1) is 11.3 Å². The molecule has 0 aliphatic carbocycles. The van der Waals surface area contributed by atoms with Crippen molar-refractivity contribution in [2.24, 2.45) is 5.92 Å². The number of carbonyl (C=O) groups is 2. The van der Waals surface area contributed by atoms with Gasteiger partial charge >= 0.3 is 0 Å². The van der Waals surface area contributed by atoms with Gasteiger partial charge in [0.15, 0.2) is 0 Å². The molecule has 1 saturated heterocycles. The van der Waals surface area contributed by atoms with Crippen LogP contribution in [0.5, 0.6) is 0 Å². The van der Waals surface area contributed by atoms with Crippen molar-refractivity contribution in [1.29, 1.82) is 0 Å². The molecule has 0 atom stereocenters. The van der Waals surface area contributed by atoms with Gasteiger partial charge in [-0.3, -0.25) is 13.9 Å². The number of hydrogen-bond donors (Lipinski definition) is 1. The Hall–Kier alpha value is -2.39. The maximum atomic E-state index is 12.7. The molecule has 0 spiro atoms. The number of amides is 2. The number of nitrogens with one attached hydrogen (secondary N) is 1. The number of anilines is 1. The monoisotopic (exact) mass is 447 g/mol. The van der Waals surface area contributed by atoms with Crippen LogP contribution in [-0.4, -0.2) is 57.1 Å². The summed E-state index contributed by atoms with van der Waals surface area (Å²) in [5, 5.41) is 4.66. The topological polar surface area (TPSA) is 86.8 Å². The van der Waals surface area contributed by atoms with E-state index in [9.17, 15) is 18.0 Å². The second-order valence-electron chi connectivity index (χ2n) is 7.60. The van der Waals surface area contributed by atoms with E-state index in [4.69, 9.17) is 0 Å². The van der Waals surface area contributed by atoms with E-state index in [0.717, 1.165) is 11.3 Å². The van der Waals surface area contributed by atoms with E-state index in [0.29, 0.717) is 43.8 Å². The summed E-state index contributed by atoms with van der Waals surface area (Å²) in [7, 11) is -3.48. The molecule has 9 heteroatoms. The summed E-state index contributed by atoms with van der Waals surface area (Å²) in [4.78, 5) is 27.4. The first-order valence-corrected chi connectivity index (χ1v) is 12.6. The first kappa shape index (κ1) is 20.9. The molecule has 2 aromatic rings. The fourth-order valence-corrected chi connectivity index (χ4v) is 6.17. The fourth-order valence-electron chi connectivity index (χ4n) is 4.06. The van der Waals surface area contributed by atoms with Crippen LogP contribution in [0.15, 0.2) is 41.8 Å². The Morgan fingerprint density at radius 2 is 1.83 bits per heavy atom. The molecule has 0 bridgehead atoms. The molecule has 1 N–H and O–H groups in total. The molecule has 0 unspecified atom stereocenters. The maximum Gasteiger partial charge on any atom is 0.263 e. The molecule has 1 fully saturated rings. The number of sulfonamides is 1. The molecule has 1 aromatic carbocycles. The predicted molar refractivity (Wildman–Crippen MR) is 117 cm³/mol. The zero-order valence-corrected chi connectivity index (χ0v) is 18.3. The first-order chi connectivity index (χ1) is 14.5. The van der Waals surface area contributed by atoms with Gasteiger partial charge in [0, 0.05) is 32.1 Å². The minimum Gasteiger partial charge on any atom is -0.355 e. The van der Waals surface area contributed by atoms with Gasteiger partial charge in [0.1, 0.15) is 0 Å². The highest BCUT2D eigenvalue weighted by atomic mass is 32.2. The number of carbonyl (C=O) groups excluding carboxylic acids is 2. The average Bonchev–Trinajstić information content (AvgIpc) is 3.43. The molecule has 0 radical (unpaired) electrons. The zero-order chi connectivity index (χ0) is 21.1. The van der Waals surface area contributed by atoms with Crippen molar-refractivity contribution >= 4 is 38.9 Å². The Balaban J connectivity index is 1.24. The fraction of sp³-hybridized carbons (Fsp3) is 0.429. The van der Waals surface area contributed by atoms with Crippen LogP contribution in [0.2, 0.25) is 0 Å². The summed E-state index contributed by atoms with van der Waals surface area (Å²) < 4.78 is 26.9. The highest BCUT2D eigenvalue weighted by Gasteiger charge is 2.30. The summed E-state index contributed by atoms with van der Waals surface area (Å²) in [5.74, 6) is -0.424. The van der Waals surface area contributed by atoms with Crippen LogP contribution in [0.4, 0.5) is 5.69 Å². The normalized spacial score (nSPS) is 17.1.